The molecule has 0 bridgehead atoms. The van der Waals surface area contributed by atoms with Crippen molar-refractivity contribution in [2.24, 2.45) is 5.73 Å². The molecule has 20 heavy (non-hydrogen) atoms. The van der Waals surface area contributed by atoms with E-state index < -0.39 is 0 Å². The van der Waals surface area contributed by atoms with Crippen molar-refractivity contribution < 1.29 is 14.3 Å². The zero-order valence-corrected chi connectivity index (χ0v) is 12.7. The van der Waals surface area contributed by atoms with Crippen LogP contribution in [0.4, 0.5) is 5.69 Å². The molecule has 0 aliphatic rings. The second-order valence-electron chi connectivity index (χ2n) is 4.63. The van der Waals surface area contributed by atoms with Crippen LogP contribution in [-0.2, 0) is 9.53 Å². The van der Waals surface area contributed by atoms with Gasteiger partial charge in [-0.2, -0.15) is 0 Å². The van der Waals surface area contributed by atoms with E-state index in [1.54, 1.807) is 18.2 Å². The molecular weight excluding hydrogens is 280 g/mol. The van der Waals surface area contributed by atoms with Crippen molar-refractivity contribution >= 4 is 23.2 Å². The molecule has 1 unspecified atom stereocenters. The van der Waals surface area contributed by atoms with Crippen molar-refractivity contribution in [1.29, 1.82) is 0 Å². The van der Waals surface area contributed by atoms with Gasteiger partial charge in [-0.15, -0.1) is 0 Å². The van der Waals surface area contributed by atoms with E-state index in [-0.39, 0.29) is 31.1 Å². The number of nitrogens with two attached hydrogens (primary N) is 1. The lowest BCUT2D eigenvalue weighted by Crippen LogP contribution is -2.28. The van der Waals surface area contributed by atoms with Gasteiger partial charge >= 0.3 is 0 Å². The average molecular weight is 301 g/mol. The summed E-state index contributed by atoms with van der Waals surface area (Å²) in [5.74, 6) is 0.275. The molecule has 1 atom stereocenters. The van der Waals surface area contributed by atoms with Crippen molar-refractivity contribution in [2.75, 3.05) is 19.0 Å². The Kier molecular flexibility index (Phi) is 6.78. The number of ether oxygens (including phenoxy) is 2. The molecule has 3 N–H and O–H groups in total. The van der Waals surface area contributed by atoms with Gasteiger partial charge in [0.05, 0.1) is 29.3 Å². The molecule has 112 valence electrons. The van der Waals surface area contributed by atoms with Gasteiger partial charge in [0.25, 0.3) is 0 Å². The standard InChI is InChI=1S/C14H21ClN2O3/c1-9(2)20-14-11(15)5-4-6-12(14)17-13(18)7-10(8-16)19-3/h4-6,9-10H,7-8,16H2,1-3H3,(H,17,18). The Morgan fingerprint density at radius 3 is 2.70 bits per heavy atom. The number of para-hydroxylation sites is 1. The summed E-state index contributed by atoms with van der Waals surface area (Å²) in [4.78, 5) is 11.9. The molecule has 0 aliphatic carbocycles. The van der Waals surface area contributed by atoms with E-state index in [0.717, 1.165) is 0 Å². The van der Waals surface area contributed by atoms with E-state index in [2.05, 4.69) is 5.32 Å². The third-order valence-corrected chi connectivity index (χ3v) is 2.90. The van der Waals surface area contributed by atoms with Gasteiger partial charge in [0.2, 0.25) is 5.91 Å². The van der Waals surface area contributed by atoms with Crippen LogP contribution >= 0.6 is 11.6 Å². The fourth-order valence-corrected chi connectivity index (χ4v) is 1.85. The minimum Gasteiger partial charge on any atom is -0.487 e. The Morgan fingerprint density at radius 2 is 2.15 bits per heavy atom. The lowest BCUT2D eigenvalue weighted by atomic mass is 10.2. The first-order valence-corrected chi connectivity index (χ1v) is 6.83. The summed E-state index contributed by atoms with van der Waals surface area (Å²) in [5.41, 5.74) is 6.04. The maximum absolute atomic E-state index is 11.9. The van der Waals surface area contributed by atoms with Gasteiger partial charge in [-0.3, -0.25) is 4.79 Å². The quantitative estimate of drug-likeness (QED) is 0.811. The third-order valence-electron chi connectivity index (χ3n) is 2.60. The summed E-state index contributed by atoms with van der Waals surface area (Å²) in [5, 5.41) is 3.23. The highest BCUT2D eigenvalue weighted by molar-refractivity contribution is 6.32. The molecule has 0 radical (unpaired) electrons. The number of rotatable bonds is 7. The normalized spacial score (nSPS) is 12.3. The molecule has 5 nitrogen and oxygen atoms in total. The van der Waals surface area contributed by atoms with Gasteiger partial charge < -0.3 is 20.5 Å². The molecule has 1 aromatic rings. The first kappa shape index (κ1) is 16.8. The van der Waals surface area contributed by atoms with Crippen LogP contribution in [-0.4, -0.2) is 31.8 Å². The van der Waals surface area contributed by atoms with E-state index in [1.165, 1.54) is 7.11 Å². The molecule has 0 heterocycles. The summed E-state index contributed by atoms with van der Waals surface area (Å²) in [6.45, 7) is 4.07. The van der Waals surface area contributed by atoms with Crippen LogP contribution in [0.1, 0.15) is 20.3 Å². The lowest BCUT2D eigenvalue weighted by molar-refractivity contribution is -0.118. The zero-order valence-electron chi connectivity index (χ0n) is 12.0. The first-order chi connectivity index (χ1) is 9.47. The van der Waals surface area contributed by atoms with Gasteiger partial charge in [0.1, 0.15) is 0 Å². The molecular formula is C14H21ClN2O3. The summed E-state index contributed by atoms with van der Waals surface area (Å²) < 4.78 is 10.7. The van der Waals surface area contributed by atoms with Crippen LogP contribution in [0.2, 0.25) is 5.02 Å². The molecule has 0 spiro atoms. The van der Waals surface area contributed by atoms with E-state index in [1.807, 2.05) is 13.8 Å². The number of hydrogen-bond donors (Lipinski definition) is 2. The molecule has 0 fully saturated rings. The van der Waals surface area contributed by atoms with E-state index in [4.69, 9.17) is 26.8 Å². The van der Waals surface area contributed by atoms with Crippen molar-refractivity contribution in [3.05, 3.63) is 23.2 Å². The Balaban J connectivity index is 2.81. The van der Waals surface area contributed by atoms with Crippen LogP contribution in [0.5, 0.6) is 5.75 Å². The molecule has 1 rings (SSSR count). The van der Waals surface area contributed by atoms with Crippen molar-refractivity contribution in [3.63, 3.8) is 0 Å². The molecule has 0 saturated heterocycles. The van der Waals surface area contributed by atoms with E-state index in [9.17, 15) is 4.79 Å². The molecule has 0 saturated carbocycles. The number of amides is 1. The van der Waals surface area contributed by atoms with Crippen LogP contribution in [0.3, 0.4) is 0 Å². The highest BCUT2D eigenvalue weighted by atomic mass is 35.5. The first-order valence-electron chi connectivity index (χ1n) is 6.45. The summed E-state index contributed by atoms with van der Waals surface area (Å²) in [6.07, 6.45) is -0.161. The van der Waals surface area contributed by atoms with Crippen LogP contribution in [0, 0.1) is 0 Å². The fourth-order valence-electron chi connectivity index (χ4n) is 1.63. The van der Waals surface area contributed by atoms with Gasteiger partial charge in [0, 0.05) is 13.7 Å². The molecule has 0 aromatic heterocycles. The second-order valence-corrected chi connectivity index (χ2v) is 5.04. The topological polar surface area (TPSA) is 73.6 Å². The monoisotopic (exact) mass is 300 g/mol. The summed E-state index contributed by atoms with van der Waals surface area (Å²) >= 11 is 6.10. The number of hydrogen-bond acceptors (Lipinski definition) is 4. The van der Waals surface area contributed by atoms with Gasteiger partial charge in [-0.05, 0) is 26.0 Å². The Labute approximate surface area is 124 Å². The van der Waals surface area contributed by atoms with Crippen LogP contribution in [0.15, 0.2) is 18.2 Å². The van der Waals surface area contributed by atoms with Crippen LogP contribution < -0.4 is 15.8 Å². The minimum absolute atomic E-state index is 0.0404. The predicted octanol–water partition coefficient (Wildman–Crippen LogP) is 2.43. The number of benzene rings is 1. The van der Waals surface area contributed by atoms with Crippen molar-refractivity contribution in [3.8, 4) is 5.75 Å². The van der Waals surface area contributed by atoms with E-state index >= 15 is 0 Å². The molecule has 1 amide bonds. The summed E-state index contributed by atoms with van der Waals surface area (Å²) in [7, 11) is 1.53. The zero-order chi connectivity index (χ0) is 15.1. The molecule has 6 heteroatoms. The number of carbonyl (C=O) groups excluding carboxylic acids is 1. The SMILES string of the molecule is COC(CN)CC(=O)Nc1cccc(Cl)c1OC(C)C. The number of halogens is 1. The number of carbonyl (C=O) groups is 1. The van der Waals surface area contributed by atoms with Gasteiger partial charge in [-0.1, -0.05) is 17.7 Å². The average Bonchev–Trinajstić information content (AvgIpc) is 2.39. The Morgan fingerprint density at radius 1 is 1.45 bits per heavy atom. The van der Waals surface area contributed by atoms with E-state index in [0.29, 0.717) is 16.5 Å². The highest BCUT2D eigenvalue weighted by Gasteiger charge is 2.15. The largest absolute Gasteiger partial charge is 0.487 e. The van der Waals surface area contributed by atoms with Crippen molar-refractivity contribution in [2.45, 2.75) is 32.5 Å². The maximum atomic E-state index is 11.9. The number of nitrogens with one attached hydrogen (secondary N) is 1. The Hall–Kier alpha value is -1.30. The maximum Gasteiger partial charge on any atom is 0.227 e. The molecule has 1 aromatic carbocycles. The van der Waals surface area contributed by atoms with Gasteiger partial charge in [0.15, 0.2) is 5.75 Å². The third kappa shape index (κ3) is 5.00. The Bertz CT molecular complexity index is 448. The van der Waals surface area contributed by atoms with Gasteiger partial charge in [-0.25, -0.2) is 0 Å². The van der Waals surface area contributed by atoms with Crippen LogP contribution in [0.25, 0.3) is 0 Å². The molecule has 0 aliphatic heterocycles. The fraction of sp³-hybridized carbons (Fsp3) is 0.500. The second kappa shape index (κ2) is 8.09. The highest BCUT2D eigenvalue weighted by Crippen LogP contribution is 2.33. The summed E-state index contributed by atoms with van der Waals surface area (Å²) in [6, 6.07) is 5.21. The number of anilines is 1. The van der Waals surface area contributed by atoms with Crippen molar-refractivity contribution in [1.82, 2.24) is 0 Å². The lowest BCUT2D eigenvalue weighted by Gasteiger charge is -2.17. The smallest absolute Gasteiger partial charge is 0.227 e. The predicted molar refractivity (Wildman–Crippen MR) is 80.3 cm³/mol. The minimum atomic E-state index is -0.302. The number of methoxy groups -OCH3 is 1.